The summed E-state index contributed by atoms with van der Waals surface area (Å²) < 4.78 is 45.5. The molecule has 0 radical (unpaired) electrons. The lowest BCUT2D eigenvalue weighted by atomic mass is 9.87. The normalized spacial score (nSPS) is 20.6. The van der Waals surface area contributed by atoms with Crippen molar-refractivity contribution < 1.29 is 23.4 Å². The molecule has 2 saturated heterocycles. The summed E-state index contributed by atoms with van der Waals surface area (Å²) in [6, 6.07) is 19.1. The Kier molecular flexibility index (Phi) is 9.38. The molecule has 0 unspecified atom stereocenters. The molecule has 2 fully saturated rings. The second-order valence-electron chi connectivity index (χ2n) is 13.1. The Morgan fingerprint density at radius 1 is 0.920 bits per heavy atom. The molecule has 262 valence electrons. The van der Waals surface area contributed by atoms with Crippen LogP contribution in [0.1, 0.15) is 31.9 Å². The van der Waals surface area contributed by atoms with Crippen LogP contribution in [0.15, 0.2) is 90.5 Å². The Hall–Kier alpha value is -5.08. The maximum Gasteiger partial charge on any atom is 0.350 e. The predicted octanol–water partition coefficient (Wildman–Crippen LogP) is 4.18. The summed E-state index contributed by atoms with van der Waals surface area (Å²) in [6.45, 7) is 7.77. The van der Waals surface area contributed by atoms with Gasteiger partial charge in [0, 0.05) is 55.1 Å². The van der Waals surface area contributed by atoms with Gasteiger partial charge >= 0.3 is 5.69 Å². The minimum absolute atomic E-state index is 0.0118. The molecule has 2 aromatic heterocycles. The van der Waals surface area contributed by atoms with Crippen molar-refractivity contribution in [3.8, 4) is 11.4 Å². The van der Waals surface area contributed by atoms with Gasteiger partial charge in [-0.15, -0.1) is 0 Å². The number of hydrogen-bond acceptors (Lipinski definition) is 9. The van der Waals surface area contributed by atoms with Crippen LogP contribution in [0, 0.1) is 17.6 Å². The van der Waals surface area contributed by atoms with Gasteiger partial charge in [0.05, 0.1) is 37.6 Å². The molecule has 2 aliphatic heterocycles. The van der Waals surface area contributed by atoms with E-state index < -0.39 is 29.4 Å². The van der Waals surface area contributed by atoms with Crippen molar-refractivity contribution >= 4 is 11.4 Å². The molecule has 4 heterocycles. The van der Waals surface area contributed by atoms with Crippen molar-refractivity contribution in [3.05, 3.63) is 113 Å². The van der Waals surface area contributed by atoms with Gasteiger partial charge in [0.2, 0.25) is 0 Å². The second kappa shape index (κ2) is 14.0. The molecule has 12 nitrogen and oxygen atoms in total. The van der Waals surface area contributed by atoms with E-state index in [0.29, 0.717) is 25.2 Å². The molecule has 7 rings (SSSR count). The third kappa shape index (κ3) is 6.85. The zero-order chi connectivity index (χ0) is 34.8. The van der Waals surface area contributed by atoms with Gasteiger partial charge in [-0.2, -0.15) is 10.2 Å². The van der Waals surface area contributed by atoms with Crippen LogP contribution in [0.4, 0.5) is 20.2 Å². The molecule has 0 amide bonds. The van der Waals surface area contributed by atoms with Gasteiger partial charge in [0.15, 0.2) is 0 Å². The van der Waals surface area contributed by atoms with Gasteiger partial charge in [-0.1, -0.05) is 6.07 Å². The maximum atomic E-state index is 15.0. The Labute approximate surface area is 288 Å². The van der Waals surface area contributed by atoms with E-state index in [4.69, 9.17) is 9.47 Å². The average molecular weight is 687 g/mol. The van der Waals surface area contributed by atoms with E-state index in [9.17, 15) is 18.7 Å². The van der Waals surface area contributed by atoms with E-state index in [1.165, 1.54) is 34.0 Å². The first-order valence-corrected chi connectivity index (χ1v) is 16.8. The quantitative estimate of drug-likeness (QED) is 0.219. The SMILES string of the molecule is C[C@H](O)[C@H](C)n1ncn(-c2ccc(N3CCN(c4ccc(OC[C@H]5CO[C@](Cn6cncn6)(c6ccc(F)cc6F)C5)cc4)CC3)cc2)c1=O. The Morgan fingerprint density at radius 3 is 2.20 bits per heavy atom. The molecule has 1 N–H and O–H groups in total. The van der Waals surface area contributed by atoms with Crippen LogP contribution in [0.25, 0.3) is 5.69 Å². The van der Waals surface area contributed by atoms with Gasteiger partial charge in [-0.3, -0.25) is 0 Å². The van der Waals surface area contributed by atoms with Gasteiger partial charge in [-0.05, 0) is 74.9 Å². The number of aromatic nitrogens is 6. The molecule has 14 heteroatoms. The standard InChI is InChI=1S/C36H40F2N8O4/c1-25(26(2)47)46-35(48)45(24-41-46)31-6-4-29(5-7-31)42-13-15-43(16-14-42)30-8-10-32(11-9-30)49-19-27-18-36(50-20-27,21-44-23-39-22-40-44)33-12-3-28(37)17-34(33)38/h3-12,17,22-27,47H,13-16,18-21H2,1-2H3/t25-,26-,27-,36+/m0/s1. The number of rotatable bonds is 11. The maximum absolute atomic E-state index is 15.0. The first kappa shape index (κ1) is 33.4. The number of halogens is 2. The van der Waals surface area contributed by atoms with Crippen molar-refractivity contribution in [1.82, 2.24) is 29.1 Å². The summed E-state index contributed by atoms with van der Waals surface area (Å²) in [5.41, 5.74) is 1.90. The minimum atomic E-state index is -1.02. The van der Waals surface area contributed by atoms with Gasteiger partial charge in [0.1, 0.15) is 42.0 Å². The largest absolute Gasteiger partial charge is 0.493 e. The van der Waals surface area contributed by atoms with E-state index in [-0.39, 0.29) is 18.2 Å². The minimum Gasteiger partial charge on any atom is -0.493 e. The van der Waals surface area contributed by atoms with Crippen LogP contribution in [-0.4, -0.2) is 79.7 Å². The summed E-state index contributed by atoms with van der Waals surface area (Å²) >= 11 is 0. The monoisotopic (exact) mass is 686 g/mol. The van der Waals surface area contributed by atoms with E-state index >= 15 is 0 Å². The summed E-state index contributed by atoms with van der Waals surface area (Å²) in [5, 5.41) is 18.2. The van der Waals surface area contributed by atoms with E-state index in [0.717, 1.165) is 55.1 Å². The number of anilines is 2. The van der Waals surface area contributed by atoms with Gasteiger partial charge < -0.3 is 24.4 Å². The highest BCUT2D eigenvalue weighted by Gasteiger charge is 2.44. The molecule has 0 spiro atoms. The predicted molar refractivity (Wildman–Crippen MR) is 183 cm³/mol. The van der Waals surface area contributed by atoms with Crippen LogP contribution in [0.3, 0.4) is 0 Å². The molecule has 0 saturated carbocycles. The van der Waals surface area contributed by atoms with E-state index in [2.05, 4.69) is 37.1 Å². The number of piperazine rings is 1. The zero-order valence-corrected chi connectivity index (χ0v) is 28.0. The number of hydrogen-bond donors (Lipinski definition) is 1. The molecule has 4 atom stereocenters. The third-order valence-corrected chi connectivity index (χ3v) is 9.76. The van der Waals surface area contributed by atoms with Crippen LogP contribution in [0.2, 0.25) is 0 Å². The van der Waals surface area contributed by atoms with Crippen LogP contribution in [0.5, 0.6) is 5.75 Å². The Balaban J connectivity index is 0.924. The molecular formula is C36H40F2N8O4. The first-order valence-electron chi connectivity index (χ1n) is 16.8. The lowest BCUT2D eigenvalue weighted by molar-refractivity contribution is -0.0206. The highest BCUT2D eigenvalue weighted by atomic mass is 19.1. The topological polar surface area (TPSA) is 116 Å². The molecule has 3 aromatic carbocycles. The molecule has 50 heavy (non-hydrogen) atoms. The lowest BCUT2D eigenvalue weighted by Gasteiger charge is -2.37. The number of aliphatic hydroxyl groups is 1. The van der Waals surface area contributed by atoms with Crippen LogP contribution < -0.4 is 20.2 Å². The van der Waals surface area contributed by atoms with Crippen molar-refractivity contribution in [2.75, 3.05) is 49.2 Å². The van der Waals surface area contributed by atoms with E-state index in [1.54, 1.807) is 24.9 Å². The number of aliphatic hydroxyl groups excluding tert-OH is 1. The van der Waals surface area contributed by atoms with Crippen molar-refractivity contribution in [2.24, 2.45) is 5.92 Å². The molecule has 2 aliphatic rings. The van der Waals surface area contributed by atoms with Crippen molar-refractivity contribution in [2.45, 2.75) is 44.6 Å². The molecule has 0 aliphatic carbocycles. The fourth-order valence-electron chi connectivity index (χ4n) is 6.78. The lowest BCUT2D eigenvalue weighted by Crippen LogP contribution is -2.46. The van der Waals surface area contributed by atoms with Crippen LogP contribution in [-0.2, 0) is 16.9 Å². The molecule has 0 bridgehead atoms. The summed E-state index contributed by atoms with van der Waals surface area (Å²) in [6.07, 6.45) is 4.25. The second-order valence-corrected chi connectivity index (χ2v) is 13.1. The average Bonchev–Trinajstić information content (AvgIpc) is 3.88. The Bertz CT molecular complexity index is 1940. The molecule has 5 aromatic rings. The van der Waals surface area contributed by atoms with Crippen molar-refractivity contribution in [1.29, 1.82) is 0 Å². The van der Waals surface area contributed by atoms with Gasteiger partial charge in [0.25, 0.3) is 0 Å². The van der Waals surface area contributed by atoms with Crippen molar-refractivity contribution in [3.63, 3.8) is 0 Å². The zero-order valence-electron chi connectivity index (χ0n) is 28.0. The highest BCUT2D eigenvalue weighted by Crippen LogP contribution is 2.42. The smallest absolute Gasteiger partial charge is 0.350 e. The van der Waals surface area contributed by atoms with E-state index in [1.807, 2.05) is 36.4 Å². The summed E-state index contributed by atoms with van der Waals surface area (Å²) in [7, 11) is 0. The fourth-order valence-corrected chi connectivity index (χ4v) is 6.78. The third-order valence-electron chi connectivity index (χ3n) is 9.76. The number of benzene rings is 3. The molecular weight excluding hydrogens is 646 g/mol. The van der Waals surface area contributed by atoms with Gasteiger partial charge in [-0.25, -0.2) is 32.5 Å². The fraction of sp³-hybridized carbons (Fsp3) is 0.389. The summed E-state index contributed by atoms with van der Waals surface area (Å²) in [5.74, 6) is -0.564. The first-order chi connectivity index (χ1) is 24.2. The van der Waals surface area contributed by atoms with Crippen LogP contribution >= 0.6 is 0 Å². The number of nitrogens with zero attached hydrogens (tertiary/aromatic N) is 8. The Morgan fingerprint density at radius 2 is 1.58 bits per heavy atom. The number of ether oxygens (including phenoxy) is 2. The highest BCUT2D eigenvalue weighted by molar-refractivity contribution is 5.54. The summed E-state index contributed by atoms with van der Waals surface area (Å²) in [4.78, 5) is 21.5.